The highest BCUT2D eigenvalue weighted by atomic mass is 16.5. The summed E-state index contributed by atoms with van der Waals surface area (Å²) in [4.78, 5) is 25.0. The lowest BCUT2D eigenvalue weighted by molar-refractivity contribution is -0.122. The van der Waals surface area contributed by atoms with Crippen LogP contribution in [-0.4, -0.2) is 49.8 Å². The van der Waals surface area contributed by atoms with Crippen LogP contribution >= 0.6 is 0 Å². The SMILES string of the molecule is O=C(N[C@H]1CCc2cc(CNC3CCCCNC3=O)ccc2C1)c1ccc(OC[C@@H]2CCCO2)cc1. The summed E-state index contributed by atoms with van der Waals surface area (Å²) in [5.41, 5.74) is 4.49. The molecular weight excluding hydrogens is 454 g/mol. The minimum Gasteiger partial charge on any atom is -0.491 e. The van der Waals surface area contributed by atoms with Gasteiger partial charge in [-0.3, -0.25) is 9.59 Å². The first kappa shape index (κ1) is 24.8. The van der Waals surface area contributed by atoms with Crippen molar-refractivity contribution in [2.75, 3.05) is 19.8 Å². The van der Waals surface area contributed by atoms with Gasteiger partial charge in [-0.15, -0.1) is 0 Å². The highest BCUT2D eigenvalue weighted by Crippen LogP contribution is 2.24. The van der Waals surface area contributed by atoms with E-state index in [1.54, 1.807) is 0 Å². The topological polar surface area (TPSA) is 88.7 Å². The molecule has 2 heterocycles. The van der Waals surface area contributed by atoms with Crippen molar-refractivity contribution in [1.29, 1.82) is 0 Å². The van der Waals surface area contributed by atoms with Gasteiger partial charge < -0.3 is 25.4 Å². The van der Waals surface area contributed by atoms with E-state index in [9.17, 15) is 9.59 Å². The standard InChI is InChI=1S/C29H37N3O4/c33-28(21-9-12-25(13-10-21)36-19-26-4-3-15-35-26)32-24-11-8-22-16-20(6-7-23(22)17-24)18-31-27-5-1-2-14-30-29(27)34/h6-7,9-10,12-13,16,24,26-27,31H,1-5,8,11,14-15,17-19H2,(H,30,34)(H,32,33)/t24-,26-,27?/m0/s1. The van der Waals surface area contributed by atoms with Crippen LogP contribution < -0.4 is 20.7 Å². The molecule has 2 saturated heterocycles. The van der Waals surface area contributed by atoms with Crippen LogP contribution in [0.15, 0.2) is 42.5 Å². The van der Waals surface area contributed by atoms with E-state index in [4.69, 9.17) is 9.47 Å². The molecule has 0 radical (unpaired) electrons. The number of fused-ring (bicyclic) bond motifs is 1. The Kier molecular flexibility index (Phi) is 8.18. The normalized spacial score (nSPS) is 23.9. The average molecular weight is 492 g/mol. The smallest absolute Gasteiger partial charge is 0.251 e. The molecule has 2 aliphatic heterocycles. The van der Waals surface area contributed by atoms with E-state index in [1.807, 2.05) is 24.3 Å². The fourth-order valence-electron chi connectivity index (χ4n) is 5.35. The molecule has 1 aliphatic carbocycles. The quantitative estimate of drug-likeness (QED) is 0.527. The number of carbonyl (C=O) groups is 2. The molecular formula is C29H37N3O4. The molecule has 0 aromatic heterocycles. The number of carbonyl (C=O) groups excluding carboxylic acids is 2. The van der Waals surface area contributed by atoms with Gasteiger partial charge in [0, 0.05) is 31.3 Å². The molecule has 5 rings (SSSR count). The van der Waals surface area contributed by atoms with Crippen molar-refractivity contribution in [2.24, 2.45) is 0 Å². The van der Waals surface area contributed by atoms with Crippen molar-refractivity contribution >= 4 is 11.8 Å². The fourth-order valence-corrected chi connectivity index (χ4v) is 5.35. The fraction of sp³-hybridized carbons (Fsp3) is 0.517. The van der Waals surface area contributed by atoms with Gasteiger partial charge in [0.05, 0.1) is 12.1 Å². The van der Waals surface area contributed by atoms with Gasteiger partial charge in [-0.1, -0.05) is 18.2 Å². The molecule has 3 atom stereocenters. The Morgan fingerprint density at radius 1 is 1.03 bits per heavy atom. The van der Waals surface area contributed by atoms with Crippen molar-refractivity contribution in [3.05, 3.63) is 64.7 Å². The number of benzene rings is 2. The lowest BCUT2D eigenvalue weighted by Gasteiger charge is -2.26. The van der Waals surface area contributed by atoms with Gasteiger partial charge in [-0.2, -0.15) is 0 Å². The molecule has 7 nitrogen and oxygen atoms in total. The molecule has 1 unspecified atom stereocenters. The van der Waals surface area contributed by atoms with Crippen LogP contribution in [0.2, 0.25) is 0 Å². The Labute approximate surface area is 213 Å². The lowest BCUT2D eigenvalue weighted by atomic mass is 9.87. The molecule has 2 aromatic rings. The van der Waals surface area contributed by atoms with E-state index in [0.717, 1.165) is 70.3 Å². The van der Waals surface area contributed by atoms with Crippen molar-refractivity contribution in [3.8, 4) is 5.75 Å². The largest absolute Gasteiger partial charge is 0.491 e. The number of aryl methyl sites for hydroxylation is 1. The monoisotopic (exact) mass is 491 g/mol. The zero-order chi connectivity index (χ0) is 24.7. The minimum absolute atomic E-state index is 0.0448. The summed E-state index contributed by atoms with van der Waals surface area (Å²) < 4.78 is 11.4. The maximum absolute atomic E-state index is 12.8. The first-order valence-electron chi connectivity index (χ1n) is 13.4. The lowest BCUT2D eigenvalue weighted by Crippen LogP contribution is -2.42. The maximum atomic E-state index is 12.8. The number of amides is 2. The van der Waals surface area contributed by atoms with Crippen LogP contribution in [0.4, 0.5) is 0 Å². The van der Waals surface area contributed by atoms with Crippen LogP contribution in [0.25, 0.3) is 0 Å². The van der Waals surface area contributed by atoms with Gasteiger partial charge in [0.25, 0.3) is 5.91 Å². The zero-order valence-electron chi connectivity index (χ0n) is 20.9. The van der Waals surface area contributed by atoms with Crippen molar-refractivity contribution in [1.82, 2.24) is 16.0 Å². The van der Waals surface area contributed by atoms with Gasteiger partial charge in [-0.25, -0.2) is 0 Å². The number of ether oxygens (including phenoxy) is 2. The molecule has 3 N–H and O–H groups in total. The van der Waals surface area contributed by atoms with Gasteiger partial charge >= 0.3 is 0 Å². The second kappa shape index (κ2) is 11.9. The molecule has 7 heteroatoms. The van der Waals surface area contributed by atoms with E-state index in [1.165, 1.54) is 16.7 Å². The minimum atomic E-state index is -0.106. The van der Waals surface area contributed by atoms with E-state index in [2.05, 4.69) is 34.1 Å². The average Bonchev–Trinajstić information content (AvgIpc) is 3.34. The number of nitrogens with one attached hydrogen (secondary N) is 3. The molecule has 36 heavy (non-hydrogen) atoms. The Hall–Kier alpha value is -2.90. The molecule has 2 fully saturated rings. The summed E-state index contributed by atoms with van der Waals surface area (Å²) in [5, 5.41) is 9.62. The third-order valence-electron chi connectivity index (χ3n) is 7.50. The molecule has 0 saturated carbocycles. The highest BCUT2D eigenvalue weighted by molar-refractivity contribution is 5.94. The third-order valence-corrected chi connectivity index (χ3v) is 7.50. The molecule has 0 spiro atoms. The van der Waals surface area contributed by atoms with Gasteiger partial charge in [-0.05, 0) is 92.3 Å². The first-order valence-corrected chi connectivity index (χ1v) is 13.4. The summed E-state index contributed by atoms with van der Waals surface area (Å²) >= 11 is 0. The summed E-state index contributed by atoms with van der Waals surface area (Å²) in [6.45, 7) is 2.85. The van der Waals surface area contributed by atoms with E-state index in [-0.39, 0.29) is 30.0 Å². The van der Waals surface area contributed by atoms with Crippen molar-refractivity contribution in [2.45, 2.75) is 76.1 Å². The first-order chi connectivity index (χ1) is 17.6. The third kappa shape index (κ3) is 6.45. The summed E-state index contributed by atoms with van der Waals surface area (Å²) in [6, 6.07) is 13.9. The number of rotatable bonds is 8. The van der Waals surface area contributed by atoms with Gasteiger partial charge in [0.15, 0.2) is 0 Å². The second-order valence-electron chi connectivity index (χ2n) is 10.2. The van der Waals surface area contributed by atoms with E-state index in [0.29, 0.717) is 18.7 Å². The summed E-state index contributed by atoms with van der Waals surface area (Å²) in [5.74, 6) is 0.833. The summed E-state index contributed by atoms with van der Waals surface area (Å²) in [6.07, 6.45) is 8.03. The molecule has 192 valence electrons. The van der Waals surface area contributed by atoms with Gasteiger partial charge in [0.1, 0.15) is 12.4 Å². The van der Waals surface area contributed by atoms with E-state index < -0.39 is 0 Å². The molecule has 0 bridgehead atoms. The van der Waals surface area contributed by atoms with Gasteiger partial charge in [0.2, 0.25) is 5.91 Å². The van der Waals surface area contributed by atoms with Crippen LogP contribution in [0.1, 0.15) is 65.6 Å². The molecule has 2 aromatic carbocycles. The second-order valence-corrected chi connectivity index (χ2v) is 10.2. The highest BCUT2D eigenvalue weighted by Gasteiger charge is 2.23. The zero-order valence-corrected chi connectivity index (χ0v) is 20.9. The van der Waals surface area contributed by atoms with Crippen LogP contribution in [-0.2, 0) is 28.9 Å². The predicted molar refractivity (Wildman–Crippen MR) is 138 cm³/mol. The van der Waals surface area contributed by atoms with Crippen molar-refractivity contribution in [3.63, 3.8) is 0 Å². The molecule has 3 aliphatic rings. The van der Waals surface area contributed by atoms with Crippen LogP contribution in [0.3, 0.4) is 0 Å². The maximum Gasteiger partial charge on any atom is 0.251 e. The number of hydrogen-bond donors (Lipinski definition) is 3. The Bertz CT molecular complexity index is 1050. The van der Waals surface area contributed by atoms with Crippen LogP contribution in [0, 0.1) is 0 Å². The Balaban J connectivity index is 1.10. The predicted octanol–water partition coefficient (Wildman–Crippen LogP) is 3.29. The van der Waals surface area contributed by atoms with E-state index >= 15 is 0 Å². The number of hydrogen-bond acceptors (Lipinski definition) is 5. The van der Waals surface area contributed by atoms with Crippen molar-refractivity contribution < 1.29 is 19.1 Å². The Morgan fingerprint density at radius 2 is 1.92 bits per heavy atom. The molecule has 2 amide bonds. The summed E-state index contributed by atoms with van der Waals surface area (Å²) in [7, 11) is 0. The van der Waals surface area contributed by atoms with Crippen LogP contribution in [0.5, 0.6) is 5.75 Å². The Morgan fingerprint density at radius 3 is 2.75 bits per heavy atom.